The lowest BCUT2D eigenvalue weighted by atomic mass is 9.95. The van der Waals surface area contributed by atoms with Crippen molar-refractivity contribution in [2.24, 2.45) is 5.92 Å². The largest absolute Gasteiger partial charge is 0.493 e. The van der Waals surface area contributed by atoms with Gasteiger partial charge in [-0.1, -0.05) is 24.3 Å². The maximum atomic E-state index is 13.3. The summed E-state index contributed by atoms with van der Waals surface area (Å²) in [5.74, 6) is 0.947. The monoisotopic (exact) mass is 491 g/mol. The fourth-order valence-corrected chi connectivity index (χ4v) is 6.13. The van der Waals surface area contributed by atoms with Crippen molar-refractivity contribution in [1.82, 2.24) is 4.90 Å². The lowest BCUT2D eigenvalue weighted by molar-refractivity contribution is -0.00717. The first-order chi connectivity index (χ1) is 17.5. The van der Waals surface area contributed by atoms with Crippen LogP contribution in [0.5, 0.6) is 5.75 Å². The number of morpholine rings is 1. The summed E-state index contributed by atoms with van der Waals surface area (Å²) in [5, 5.41) is 10.6. The molecule has 2 aromatic rings. The molecule has 2 unspecified atom stereocenters. The molecular weight excluding hydrogens is 454 g/mol. The average Bonchev–Trinajstić information content (AvgIpc) is 3.42. The second-order valence-electron chi connectivity index (χ2n) is 10.5. The lowest BCUT2D eigenvalue weighted by Gasteiger charge is -2.34. The van der Waals surface area contributed by atoms with Gasteiger partial charge in [0.15, 0.2) is 5.78 Å². The smallest absolute Gasteiger partial charge is 0.254 e. The molecule has 6 heteroatoms. The zero-order valence-electron chi connectivity index (χ0n) is 21.2. The van der Waals surface area contributed by atoms with E-state index in [4.69, 9.17) is 9.47 Å². The van der Waals surface area contributed by atoms with E-state index in [9.17, 15) is 14.7 Å². The van der Waals surface area contributed by atoms with Gasteiger partial charge >= 0.3 is 0 Å². The number of Topliss-reactive ketones (excluding diaryl/α,β-unsaturated/α-hetero) is 1. The number of carbonyl (C=O) groups excluding carboxylic acids is 2. The Hall–Kier alpha value is -2.70. The second kappa shape index (κ2) is 11.1. The van der Waals surface area contributed by atoms with Crippen molar-refractivity contribution in [2.45, 2.75) is 76.5 Å². The molecule has 3 atom stereocenters. The third-order valence-electron chi connectivity index (χ3n) is 8.05. The summed E-state index contributed by atoms with van der Waals surface area (Å²) >= 11 is 0. The molecule has 1 aliphatic carbocycles. The van der Waals surface area contributed by atoms with Gasteiger partial charge in [0, 0.05) is 12.0 Å². The van der Waals surface area contributed by atoms with Crippen molar-refractivity contribution in [3.05, 3.63) is 64.7 Å². The number of ether oxygens (including phenoxy) is 2. The summed E-state index contributed by atoms with van der Waals surface area (Å²) in [5.41, 5.74) is 3.89. The van der Waals surface area contributed by atoms with E-state index < -0.39 is 6.10 Å². The van der Waals surface area contributed by atoms with Crippen molar-refractivity contribution in [3.63, 3.8) is 0 Å². The first kappa shape index (κ1) is 25.0. The highest BCUT2D eigenvalue weighted by molar-refractivity contribution is 6.01. The van der Waals surface area contributed by atoms with Gasteiger partial charge in [-0.25, -0.2) is 0 Å². The van der Waals surface area contributed by atoms with Crippen molar-refractivity contribution in [1.29, 1.82) is 0 Å². The van der Waals surface area contributed by atoms with E-state index in [2.05, 4.69) is 24.3 Å². The molecule has 3 aliphatic rings. The number of hydrogen-bond donors (Lipinski definition) is 1. The Labute approximate surface area is 213 Å². The molecule has 1 N–H and O–H groups in total. The maximum Gasteiger partial charge on any atom is 0.254 e. The highest BCUT2D eigenvalue weighted by atomic mass is 16.5. The Morgan fingerprint density at radius 1 is 1.06 bits per heavy atom. The van der Waals surface area contributed by atoms with Crippen LogP contribution in [0, 0.1) is 5.92 Å². The predicted octanol–water partition coefficient (Wildman–Crippen LogP) is 4.61. The van der Waals surface area contributed by atoms with Crippen LogP contribution in [0.3, 0.4) is 0 Å². The van der Waals surface area contributed by atoms with Crippen molar-refractivity contribution in [3.8, 4) is 5.75 Å². The van der Waals surface area contributed by atoms with Crippen LogP contribution in [-0.2, 0) is 17.6 Å². The molecule has 6 nitrogen and oxygen atoms in total. The normalized spacial score (nSPS) is 21.9. The maximum absolute atomic E-state index is 13.3. The van der Waals surface area contributed by atoms with Crippen molar-refractivity contribution in [2.75, 3.05) is 19.8 Å². The number of rotatable bonds is 10. The number of aliphatic hydroxyl groups is 1. The van der Waals surface area contributed by atoms with Gasteiger partial charge in [0.2, 0.25) is 0 Å². The highest BCUT2D eigenvalue weighted by Gasteiger charge is 2.40. The van der Waals surface area contributed by atoms with Gasteiger partial charge < -0.3 is 19.5 Å². The lowest BCUT2D eigenvalue weighted by Crippen LogP contribution is -2.49. The number of aliphatic hydroxyl groups excluding tert-OH is 1. The molecule has 2 fully saturated rings. The van der Waals surface area contributed by atoms with E-state index in [0.29, 0.717) is 55.5 Å². The Bertz CT molecular complexity index is 1060. The van der Waals surface area contributed by atoms with Gasteiger partial charge in [0.1, 0.15) is 5.75 Å². The van der Waals surface area contributed by atoms with Gasteiger partial charge in [-0.05, 0) is 87.1 Å². The molecule has 2 aromatic carbocycles. The van der Waals surface area contributed by atoms with Crippen LogP contribution in [0.4, 0.5) is 0 Å². The molecule has 2 saturated heterocycles. The first-order valence-electron chi connectivity index (χ1n) is 13.5. The molecule has 2 heterocycles. The Kier molecular flexibility index (Phi) is 7.73. The summed E-state index contributed by atoms with van der Waals surface area (Å²) in [6, 6.07) is 14.0. The summed E-state index contributed by atoms with van der Waals surface area (Å²) in [6.45, 7) is 3.46. The molecule has 192 valence electrons. The number of ketones is 1. The van der Waals surface area contributed by atoms with Crippen LogP contribution in [-0.4, -0.2) is 59.7 Å². The standard InChI is InChI=1S/C30H37NO5/c1-2-36-29-17-23(30(34)31-24-9-10-25(31)19-35-18-24)8-13-27(29)28(33)14-12-26(32)11-7-20-15-21-5-3-4-6-22(21)16-20/h3-6,8,13,17,20,24-26,32H,2,7,9-12,14-16,18-19H2,1H3/t24?,25?,26-/m0/s1. The SMILES string of the molecule is CCOc1cc(C(=O)N2C3CCC2COC3)ccc1C(=O)CC[C@@H](O)CCC1Cc2ccccc2C1. The van der Waals surface area contributed by atoms with Crippen LogP contribution in [0.2, 0.25) is 0 Å². The zero-order valence-corrected chi connectivity index (χ0v) is 21.2. The Balaban J connectivity index is 1.16. The Morgan fingerprint density at radius 2 is 1.75 bits per heavy atom. The van der Waals surface area contributed by atoms with E-state index in [1.54, 1.807) is 18.2 Å². The number of carbonyl (C=O) groups is 2. The molecular formula is C30H37NO5. The molecule has 0 aromatic heterocycles. The molecule has 36 heavy (non-hydrogen) atoms. The summed E-state index contributed by atoms with van der Waals surface area (Å²) < 4.78 is 11.4. The van der Waals surface area contributed by atoms with E-state index in [1.807, 2.05) is 11.8 Å². The zero-order chi connectivity index (χ0) is 25.1. The number of amides is 1. The van der Waals surface area contributed by atoms with Gasteiger partial charge in [0.05, 0.1) is 43.6 Å². The number of benzene rings is 2. The number of nitrogens with zero attached hydrogens (tertiary/aromatic N) is 1. The molecule has 0 spiro atoms. The topological polar surface area (TPSA) is 76.1 Å². The molecule has 1 amide bonds. The fraction of sp³-hybridized carbons (Fsp3) is 0.533. The summed E-state index contributed by atoms with van der Waals surface area (Å²) in [7, 11) is 0. The van der Waals surface area contributed by atoms with E-state index >= 15 is 0 Å². The molecule has 2 bridgehead atoms. The first-order valence-corrected chi connectivity index (χ1v) is 13.5. The van der Waals surface area contributed by atoms with Crippen LogP contribution in [0.1, 0.15) is 77.3 Å². The minimum absolute atomic E-state index is 0.0183. The van der Waals surface area contributed by atoms with Crippen molar-refractivity contribution < 1.29 is 24.2 Å². The molecule has 2 aliphatic heterocycles. The molecule has 5 rings (SSSR count). The predicted molar refractivity (Wildman–Crippen MR) is 138 cm³/mol. The van der Waals surface area contributed by atoms with E-state index in [1.165, 1.54) is 11.1 Å². The second-order valence-corrected chi connectivity index (χ2v) is 10.5. The third kappa shape index (κ3) is 5.35. The fourth-order valence-electron chi connectivity index (χ4n) is 6.13. The average molecular weight is 492 g/mol. The van der Waals surface area contributed by atoms with Gasteiger partial charge in [-0.15, -0.1) is 0 Å². The third-order valence-corrected chi connectivity index (χ3v) is 8.05. The summed E-state index contributed by atoms with van der Waals surface area (Å²) in [6.07, 6.45) is 5.98. The van der Waals surface area contributed by atoms with E-state index in [0.717, 1.165) is 32.1 Å². The summed E-state index contributed by atoms with van der Waals surface area (Å²) in [4.78, 5) is 28.3. The quantitative estimate of drug-likeness (QED) is 0.492. The minimum Gasteiger partial charge on any atom is -0.493 e. The Morgan fingerprint density at radius 3 is 2.42 bits per heavy atom. The van der Waals surface area contributed by atoms with Gasteiger partial charge in [-0.2, -0.15) is 0 Å². The van der Waals surface area contributed by atoms with Gasteiger partial charge in [0.25, 0.3) is 5.91 Å². The minimum atomic E-state index is -0.495. The van der Waals surface area contributed by atoms with E-state index in [-0.39, 0.29) is 30.2 Å². The number of hydrogen-bond acceptors (Lipinski definition) is 5. The molecule has 0 radical (unpaired) electrons. The van der Waals surface area contributed by atoms with Crippen LogP contribution in [0.15, 0.2) is 42.5 Å². The molecule has 0 saturated carbocycles. The van der Waals surface area contributed by atoms with Crippen LogP contribution < -0.4 is 4.74 Å². The van der Waals surface area contributed by atoms with Crippen LogP contribution in [0.25, 0.3) is 0 Å². The number of fused-ring (bicyclic) bond motifs is 3. The van der Waals surface area contributed by atoms with Crippen LogP contribution >= 0.6 is 0 Å². The highest BCUT2D eigenvalue weighted by Crippen LogP contribution is 2.33. The van der Waals surface area contributed by atoms with Crippen molar-refractivity contribution >= 4 is 11.7 Å². The van der Waals surface area contributed by atoms with Gasteiger partial charge in [-0.3, -0.25) is 9.59 Å².